The standard InChI is InChI=1S/C21H26/c1-6-10-17-13-14-20(16(7-2)8-3)21-18(15(4)5)11-9-12-19(17)21/h7,9,11-14H,4,6,8,10H2,1-3,5H3. The maximum Gasteiger partial charge on any atom is -0.00310 e. The minimum atomic E-state index is 1.06. The van der Waals surface area contributed by atoms with E-state index in [0.717, 1.165) is 18.4 Å². The highest BCUT2D eigenvalue weighted by Crippen LogP contribution is 2.34. The van der Waals surface area contributed by atoms with Crippen molar-refractivity contribution >= 4 is 21.9 Å². The first kappa shape index (κ1) is 15.6. The molecule has 0 nitrogen and oxygen atoms in total. The van der Waals surface area contributed by atoms with Gasteiger partial charge in [0, 0.05) is 0 Å². The maximum absolute atomic E-state index is 4.18. The zero-order chi connectivity index (χ0) is 15.4. The van der Waals surface area contributed by atoms with E-state index in [0.29, 0.717) is 0 Å². The Bertz CT molecular complexity index is 686. The summed E-state index contributed by atoms with van der Waals surface area (Å²) in [7, 11) is 0. The summed E-state index contributed by atoms with van der Waals surface area (Å²) in [4.78, 5) is 0. The summed E-state index contributed by atoms with van der Waals surface area (Å²) in [5.41, 5.74) is 6.66. The topological polar surface area (TPSA) is 0 Å². The molecule has 0 fully saturated rings. The van der Waals surface area contributed by atoms with Gasteiger partial charge in [-0.2, -0.15) is 0 Å². The number of hydrogen-bond acceptors (Lipinski definition) is 0. The Hall–Kier alpha value is -1.82. The lowest BCUT2D eigenvalue weighted by Crippen LogP contribution is -1.95. The minimum absolute atomic E-state index is 1.06. The van der Waals surface area contributed by atoms with Gasteiger partial charge >= 0.3 is 0 Å². The second kappa shape index (κ2) is 6.76. The van der Waals surface area contributed by atoms with Gasteiger partial charge in [0.2, 0.25) is 0 Å². The molecule has 0 amide bonds. The average molecular weight is 278 g/mol. The van der Waals surface area contributed by atoms with Gasteiger partial charge in [-0.25, -0.2) is 0 Å². The van der Waals surface area contributed by atoms with Crippen LogP contribution in [0.4, 0.5) is 0 Å². The molecular weight excluding hydrogens is 252 g/mol. The molecule has 0 atom stereocenters. The molecule has 21 heavy (non-hydrogen) atoms. The van der Waals surface area contributed by atoms with Crippen LogP contribution in [0.3, 0.4) is 0 Å². The molecule has 0 saturated heterocycles. The van der Waals surface area contributed by atoms with E-state index in [9.17, 15) is 0 Å². The Labute approximate surface area is 129 Å². The van der Waals surface area contributed by atoms with Crippen LogP contribution in [0.1, 0.15) is 57.2 Å². The van der Waals surface area contributed by atoms with Gasteiger partial charge in [0.1, 0.15) is 0 Å². The second-order valence-corrected chi connectivity index (χ2v) is 5.70. The summed E-state index contributed by atoms with van der Waals surface area (Å²) in [6.45, 7) is 12.9. The van der Waals surface area contributed by atoms with Crippen molar-refractivity contribution in [3.05, 3.63) is 59.7 Å². The third-order valence-electron chi connectivity index (χ3n) is 4.19. The van der Waals surface area contributed by atoms with E-state index in [2.05, 4.69) is 70.7 Å². The molecule has 0 heterocycles. The van der Waals surface area contributed by atoms with E-state index >= 15 is 0 Å². The first-order valence-electron chi connectivity index (χ1n) is 8.00. The van der Waals surface area contributed by atoms with Crippen LogP contribution in [-0.2, 0) is 6.42 Å². The fourth-order valence-electron chi connectivity index (χ4n) is 3.13. The van der Waals surface area contributed by atoms with Crippen molar-refractivity contribution in [1.29, 1.82) is 0 Å². The zero-order valence-electron chi connectivity index (χ0n) is 13.8. The number of rotatable bonds is 5. The van der Waals surface area contributed by atoms with Crippen LogP contribution in [0.2, 0.25) is 0 Å². The molecule has 0 saturated carbocycles. The smallest absolute Gasteiger partial charge is 0.00310 e. The van der Waals surface area contributed by atoms with E-state index in [1.807, 2.05) is 0 Å². The highest BCUT2D eigenvalue weighted by Gasteiger charge is 2.12. The normalized spacial score (nSPS) is 11.9. The maximum atomic E-state index is 4.18. The van der Waals surface area contributed by atoms with Crippen LogP contribution in [0.5, 0.6) is 0 Å². The number of allylic oxidation sites excluding steroid dienone is 3. The zero-order valence-corrected chi connectivity index (χ0v) is 13.8. The van der Waals surface area contributed by atoms with Crippen LogP contribution >= 0.6 is 0 Å². The molecule has 0 unspecified atom stereocenters. The van der Waals surface area contributed by atoms with Crippen molar-refractivity contribution in [2.45, 2.75) is 47.0 Å². The fraction of sp³-hybridized carbons (Fsp3) is 0.333. The van der Waals surface area contributed by atoms with E-state index in [4.69, 9.17) is 0 Å². The molecule has 0 radical (unpaired) electrons. The van der Waals surface area contributed by atoms with Gasteiger partial charge in [0.05, 0.1) is 0 Å². The molecular formula is C21H26. The summed E-state index contributed by atoms with van der Waals surface area (Å²) in [5, 5.41) is 2.77. The Morgan fingerprint density at radius 3 is 2.43 bits per heavy atom. The van der Waals surface area contributed by atoms with Crippen molar-refractivity contribution in [2.24, 2.45) is 0 Å². The third-order valence-corrected chi connectivity index (χ3v) is 4.19. The third kappa shape index (κ3) is 2.95. The first-order valence-corrected chi connectivity index (χ1v) is 8.00. The summed E-state index contributed by atoms with van der Waals surface area (Å²) in [6, 6.07) is 11.2. The van der Waals surface area contributed by atoms with Gasteiger partial charge < -0.3 is 0 Å². The van der Waals surface area contributed by atoms with Crippen LogP contribution < -0.4 is 0 Å². The van der Waals surface area contributed by atoms with Gasteiger partial charge in [-0.05, 0) is 59.7 Å². The number of benzene rings is 2. The van der Waals surface area contributed by atoms with Gasteiger partial charge in [0.25, 0.3) is 0 Å². The summed E-state index contributed by atoms with van der Waals surface area (Å²) in [6.07, 6.45) is 5.61. The van der Waals surface area contributed by atoms with Crippen molar-refractivity contribution in [3.63, 3.8) is 0 Å². The molecule has 0 aromatic heterocycles. The van der Waals surface area contributed by atoms with Crippen LogP contribution in [0.25, 0.3) is 21.9 Å². The van der Waals surface area contributed by atoms with Gasteiger partial charge in [-0.1, -0.05) is 68.8 Å². The number of hydrogen-bond donors (Lipinski definition) is 0. The minimum Gasteiger partial charge on any atom is -0.0955 e. The summed E-state index contributed by atoms with van der Waals surface area (Å²) in [5.74, 6) is 0. The summed E-state index contributed by atoms with van der Waals surface area (Å²) < 4.78 is 0. The molecule has 0 spiro atoms. The summed E-state index contributed by atoms with van der Waals surface area (Å²) >= 11 is 0. The van der Waals surface area contributed by atoms with E-state index in [1.165, 1.54) is 39.5 Å². The Morgan fingerprint density at radius 1 is 1.10 bits per heavy atom. The number of fused-ring (bicyclic) bond motifs is 1. The Balaban J connectivity index is 2.88. The predicted molar refractivity (Wildman–Crippen MR) is 96.6 cm³/mol. The largest absolute Gasteiger partial charge is 0.0955 e. The molecule has 2 aromatic rings. The molecule has 2 rings (SSSR count). The molecule has 0 bridgehead atoms. The highest BCUT2D eigenvalue weighted by molar-refractivity contribution is 6.02. The van der Waals surface area contributed by atoms with Crippen molar-refractivity contribution < 1.29 is 0 Å². The Morgan fingerprint density at radius 2 is 1.86 bits per heavy atom. The van der Waals surface area contributed by atoms with E-state index in [-0.39, 0.29) is 0 Å². The lowest BCUT2D eigenvalue weighted by atomic mass is 9.88. The van der Waals surface area contributed by atoms with Crippen molar-refractivity contribution in [2.75, 3.05) is 0 Å². The average Bonchev–Trinajstić information content (AvgIpc) is 2.49. The Kier molecular flexibility index (Phi) is 5.01. The van der Waals surface area contributed by atoms with Gasteiger partial charge in [-0.15, -0.1) is 0 Å². The molecule has 0 N–H and O–H groups in total. The molecule has 2 aromatic carbocycles. The lowest BCUT2D eigenvalue weighted by molar-refractivity contribution is 0.929. The second-order valence-electron chi connectivity index (χ2n) is 5.70. The molecule has 0 heteroatoms. The lowest BCUT2D eigenvalue weighted by Gasteiger charge is -2.16. The predicted octanol–water partition coefficient (Wildman–Crippen LogP) is 6.64. The molecule has 110 valence electrons. The van der Waals surface area contributed by atoms with Crippen LogP contribution in [0, 0.1) is 0 Å². The van der Waals surface area contributed by atoms with Gasteiger partial charge in [0.15, 0.2) is 0 Å². The van der Waals surface area contributed by atoms with Crippen molar-refractivity contribution in [1.82, 2.24) is 0 Å². The van der Waals surface area contributed by atoms with Crippen LogP contribution in [0.15, 0.2) is 43.0 Å². The first-order chi connectivity index (χ1) is 10.1. The van der Waals surface area contributed by atoms with Crippen molar-refractivity contribution in [3.8, 4) is 0 Å². The quantitative estimate of drug-likeness (QED) is 0.575. The molecule has 0 aliphatic heterocycles. The molecule has 0 aliphatic carbocycles. The van der Waals surface area contributed by atoms with Gasteiger partial charge in [-0.3, -0.25) is 0 Å². The highest BCUT2D eigenvalue weighted by atomic mass is 14.2. The van der Waals surface area contributed by atoms with E-state index < -0.39 is 0 Å². The molecule has 0 aliphatic rings. The number of aryl methyl sites for hydroxylation is 1. The SMILES string of the molecule is C=C(C)c1cccc2c(CCC)ccc(C(=CC)CC)c12. The monoisotopic (exact) mass is 278 g/mol. The fourth-order valence-corrected chi connectivity index (χ4v) is 3.13. The van der Waals surface area contributed by atoms with Crippen LogP contribution in [-0.4, -0.2) is 0 Å². The van der Waals surface area contributed by atoms with E-state index in [1.54, 1.807) is 0 Å².